The van der Waals surface area contributed by atoms with Gasteiger partial charge in [0.1, 0.15) is 4.84 Å². The van der Waals surface area contributed by atoms with Crippen LogP contribution in [0.5, 0.6) is 0 Å². The average molecular weight is 360 g/mol. The van der Waals surface area contributed by atoms with Gasteiger partial charge in [0.25, 0.3) is 0 Å². The Kier molecular flexibility index (Phi) is 5.64. The van der Waals surface area contributed by atoms with Crippen molar-refractivity contribution in [3.05, 3.63) is 28.1 Å². The number of hydrogen-bond acceptors (Lipinski definition) is 5. The number of halogens is 5. The van der Waals surface area contributed by atoms with E-state index in [0.29, 0.717) is 0 Å². The molecule has 0 fully saturated rings. The van der Waals surface area contributed by atoms with Crippen molar-refractivity contribution < 1.29 is 32.2 Å². The van der Waals surface area contributed by atoms with E-state index in [1.807, 2.05) is 0 Å². The van der Waals surface area contributed by atoms with Gasteiger partial charge in [0, 0.05) is 0 Å². The lowest BCUT2D eigenvalue weighted by Gasteiger charge is -2.18. The van der Waals surface area contributed by atoms with Crippen LogP contribution in [-0.4, -0.2) is 31.1 Å². The number of rotatable bonds is 3. The number of pyridine rings is 1. The van der Waals surface area contributed by atoms with E-state index in [0.717, 1.165) is 21.1 Å². The number of alkyl halides is 5. The van der Waals surface area contributed by atoms with Crippen molar-refractivity contribution in [1.82, 2.24) is 4.98 Å². The second kappa shape index (κ2) is 6.70. The highest BCUT2D eigenvalue weighted by molar-refractivity contribution is 6.44. The van der Waals surface area contributed by atoms with Gasteiger partial charge in [-0.15, -0.1) is 0 Å². The highest BCUT2D eigenvalue weighted by Crippen LogP contribution is 2.37. The first kappa shape index (κ1) is 18.5. The first-order chi connectivity index (χ1) is 10.1. The Hall–Kier alpha value is -1.54. The van der Waals surface area contributed by atoms with Crippen molar-refractivity contribution in [1.29, 1.82) is 0 Å². The Morgan fingerprint density at radius 3 is 1.91 bits per heavy atom. The van der Waals surface area contributed by atoms with E-state index in [1.54, 1.807) is 0 Å². The molecule has 22 heavy (non-hydrogen) atoms. The maximum atomic E-state index is 13.1. The molecule has 0 radical (unpaired) electrons. The van der Waals surface area contributed by atoms with Gasteiger partial charge in [0.15, 0.2) is 5.69 Å². The molecule has 0 atom stereocenters. The molecule has 0 unspecified atom stereocenters. The molecule has 1 aromatic rings. The SMILES string of the molecule is COC(=O)c1c(C(Cl)Cl)nc(C(F)(F)F)c(C(=O)OC)c1C. The molecule has 0 N–H and O–H groups in total. The average Bonchev–Trinajstić information content (AvgIpc) is 2.43. The number of nitrogens with zero attached hydrogens (tertiary/aromatic N) is 1. The number of ether oxygens (including phenoxy) is 2. The molecule has 10 heteroatoms. The number of hydrogen-bond donors (Lipinski definition) is 0. The molecule has 122 valence electrons. The van der Waals surface area contributed by atoms with Gasteiger partial charge < -0.3 is 9.47 Å². The summed E-state index contributed by atoms with van der Waals surface area (Å²) in [7, 11) is 1.91. The number of esters is 2. The van der Waals surface area contributed by atoms with Crippen molar-refractivity contribution in [3.63, 3.8) is 0 Å². The molecule has 0 aromatic carbocycles. The summed E-state index contributed by atoms with van der Waals surface area (Å²) in [5, 5.41) is 0. The zero-order valence-corrected chi connectivity index (χ0v) is 13.1. The van der Waals surface area contributed by atoms with Gasteiger partial charge in [-0.2, -0.15) is 13.2 Å². The zero-order chi connectivity index (χ0) is 17.2. The van der Waals surface area contributed by atoms with Gasteiger partial charge in [-0.05, 0) is 12.5 Å². The van der Waals surface area contributed by atoms with E-state index in [1.165, 1.54) is 0 Å². The molecule has 1 heterocycles. The molecule has 0 aliphatic carbocycles. The summed E-state index contributed by atoms with van der Waals surface area (Å²) >= 11 is 11.2. The molecule has 0 aliphatic heterocycles. The molecule has 0 saturated heterocycles. The predicted molar refractivity (Wildman–Crippen MR) is 71.1 cm³/mol. The van der Waals surface area contributed by atoms with Crippen LogP contribution in [-0.2, 0) is 15.7 Å². The van der Waals surface area contributed by atoms with Crippen molar-refractivity contribution in [2.45, 2.75) is 17.9 Å². The minimum Gasteiger partial charge on any atom is -0.465 e. The standard InChI is InChI=1S/C12H10Cl2F3NO4/c1-4-5(10(19)21-2)7(9(13)14)18-8(12(15,16)17)6(4)11(20)22-3/h9H,1-3H3. The molecule has 1 aromatic heterocycles. The molecule has 5 nitrogen and oxygen atoms in total. The summed E-state index contributed by atoms with van der Waals surface area (Å²) in [5.74, 6) is -2.32. The fourth-order valence-corrected chi connectivity index (χ4v) is 2.12. The smallest absolute Gasteiger partial charge is 0.434 e. The highest BCUT2D eigenvalue weighted by Gasteiger charge is 2.41. The van der Waals surface area contributed by atoms with E-state index < -0.39 is 45.5 Å². The minimum absolute atomic E-state index is 0.331. The van der Waals surface area contributed by atoms with Crippen LogP contribution in [0, 0.1) is 6.92 Å². The fraction of sp³-hybridized carbons (Fsp3) is 0.417. The van der Waals surface area contributed by atoms with Crippen LogP contribution in [0.1, 0.15) is 42.5 Å². The Balaban J connectivity index is 3.89. The van der Waals surface area contributed by atoms with Gasteiger partial charge in [0.2, 0.25) is 0 Å². The summed E-state index contributed by atoms with van der Waals surface area (Å²) in [6, 6.07) is 0. The van der Waals surface area contributed by atoms with Crippen molar-refractivity contribution in [3.8, 4) is 0 Å². The van der Waals surface area contributed by atoms with Gasteiger partial charge >= 0.3 is 18.1 Å². The molecule has 0 aliphatic rings. The Bertz CT molecular complexity index is 617. The number of aromatic nitrogens is 1. The largest absolute Gasteiger partial charge is 0.465 e. The molecular formula is C12H10Cl2F3NO4. The number of carbonyl (C=O) groups is 2. The van der Waals surface area contributed by atoms with Crippen LogP contribution in [0.4, 0.5) is 13.2 Å². The fourth-order valence-electron chi connectivity index (χ4n) is 1.80. The Morgan fingerprint density at radius 1 is 1.09 bits per heavy atom. The summed E-state index contributed by atoms with van der Waals surface area (Å²) in [5.41, 5.74) is -3.72. The first-order valence-electron chi connectivity index (χ1n) is 5.62. The van der Waals surface area contributed by atoms with Crippen molar-refractivity contribution in [2.24, 2.45) is 0 Å². The third kappa shape index (κ3) is 3.44. The van der Waals surface area contributed by atoms with Crippen LogP contribution < -0.4 is 0 Å². The van der Waals surface area contributed by atoms with Crippen LogP contribution in [0.25, 0.3) is 0 Å². The Morgan fingerprint density at radius 2 is 1.55 bits per heavy atom. The second-order valence-electron chi connectivity index (χ2n) is 4.00. The molecule has 0 saturated carbocycles. The van der Waals surface area contributed by atoms with E-state index in [-0.39, 0.29) is 5.56 Å². The summed E-state index contributed by atoms with van der Waals surface area (Å²) < 4.78 is 48.1. The molecule has 0 bridgehead atoms. The van der Waals surface area contributed by atoms with Gasteiger partial charge in [-0.25, -0.2) is 14.6 Å². The lowest BCUT2D eigenvalue weighted by atomic mass is 9.99. The zero-order valence-electron chi connectivity index (χ0n) is 11.5. The number of carbonyl (C=O) groups excluding carboxylic acids is 2. The summed E-state index contributed by atoms with van der Waals surface area (Å²) in [6.45, 7) is 1.12. The molecule has 0 amide bonds. The highest BCUT2D eigenvalue weighted by atomic mass is 35.5. The third-order valence-electron chi connectivity index (χ3n) is 2.73. The van der Waals surface area contributed by atoms with Gasteiger partial charge in [-0.1, -0.05) is 23.2 Å². The van der Waals surface area contributed by atoms with Crippen molar-refractivity contribution in [2.75, 3.05) is 14.2 Å². The Labute approximate surface area is 133 Å². The van der Waals surface area contributed by atoms with Crippen LogP contribution in [0.3, 0.4) is 0 Å². The predicted octanol–water partition coefficient (Wildman–Crippen LogP) is 3.46. The minimum atomic E-state index is -4.97. The van der Waals surface area contributed by atoms with Crippen LogP contribution in [0.15, 0.2) is 0 Å². The first-order valence-corrected chi connectivity index (χ1v) is 6.50. The summed E-state index contributed by atoms with van der Waals surface area (Å²) in [4.78, 5) is 25.2. The normalized spacial score (nSPS) is 11.5. The molecule has 0 spiro atoms. The van der Waals surface area contributed by atoms with E-state index in [9.17, 15) is 22.8 Å². The maximum absolute atomic E-state index is 13.1. The molecular weight excluding hydrogens is 350 g/mol. The molecule has 1 rings (SSSR count). The topological polar surface area (TPSA) is 65.5 Å². The lowest BCUT2D eigenvalue weighted by molar-refractivity contribution is -0.141. The van der Waals surface area contributed by atoms with E-state index in [2.05, 4.69) is 14.5 Å². The third-order valence-corrected chi connectivity index (χ3v) is 3.14. The quantitative estimate of drug-likeness (QED) is 0.610. The van der Waals surface area contributed by atoms with E-state index in [4.69, 9.17) is 23.2 Å². The van der Waals surface area contributed by atoms with Gasteiger partial charge in [-0.3, -0.25) is 0 Å². The second-order valence-corrected chi connectivity index (χ2v) is 5.10. The lowest BCUT2D eigenvalue weighted by Crippen LogP contribution is -2.23. The van der Waals surface area contributed by atoms with Crippen LogP contribution in [0.2, 0.25) is 0 Å². The maximum Gasteiger partial charge on any atom is 0.434 e. The van der Waals surface area contributed by atoms with E-state index >= 15 is 0 Å². The van der Waals surface area contributed by atoms with Gasteiger partial charge in [0.05, 0.1) is 31.0 Å². The monoisotopic (exact) mass is 359 g/mol. The number of methoxy groups -OCH3 is 2. The van der Waals surface area contributed by atoms with Crippen LogP contribution >= 0.6 is 23.2 Å². The van der Waals surface area contributed by atoms with Crippen molar-refractivity contribution >= 4 is 35.1 Å². The summed E-state index contributed by atoms with van der Waals surface area (Å²) in [6.07, 6.45) is -4.97.